The quantitative estimate of drug-likeness (QED) is 0.617. The fraction of sp³-hybridized carbons (Fsp3) is 0.353. The smallest absolute Gasteiger partial charge is 0.244 e. The molecule has 1 amide bonds. The monoisotopic (exact) mass is 394 g/mol. The summed E-state index contributed by atoms with van der Waals surface area (Å²) in [6, 6.07) is 9.80. The summed E-state index contributed by atoms with van der Waals surface area (Å²) in [5.41, 5.74) is 4.76. The normalized spacial score (nSPS) is 19.1. The van der Waals surface area contributed by atoms with Gasteiger partial charge in [-0.25, -0.2) is 18.5 Å². The Morgan fingerprint density at radius 2 is 2.15 bits per heavy atom. The van der Waals surface area contributed by atoms with Crippen LogP contribution in [0.1, 0.15) is 23.2 Å². The number of nitrogens with zero attached hydrogens (tertiary/aromatic N) is 3. The van der Waals surface area contributed by atoms with Crippen molar-refractivity contribution in [2.24, 2.45) is 11.0 Å². The molecule has 0 aliphatic carbocycles. The summed E-state index contributed by atoms with van der Waals surface area (Å²) in [7, 11) is -3.10. The maximum atomic E-state index is 12.0. The van der Waals surface area contributed by atoms with Crippen molar-refractivity contribution >= 4 is 33.6 Å². The van der Waals surface area contributed by atoms with Crippen molar-refractivity contribution in [2.45, 2.75) is 19.9 Å². The Bertz CT molecular complexity index is 938. The van der Waals surface area contributed by atoms with Gasteiger partial charge in [-0.2, -0.15) is 10.2 Å². The molecule has 9 heteroatoms. The highest BCUT2D eigenvalue weighted by atomic mass is 35.5. The van der Waals surface area contributed by atoms with Crippen LogP contribution in [0.25, 0.3) is 0 Å². The Morgan fingerprint density at radius 1 is 1.42 bits per heavy atom. The third-order valence-electron chi connectivity index (χ3n) is 4.26. The third kappa shape index (κ3) is 4.31. The van der Waals surface area contributed by atoms with Gasteiger partial charge >= 0.3 is 0 Å². The lowest BCUT2D eigenvalue weighted by atomic mass is 10.1. The zero-order valence-corrected chi connectivity index (χ0v) is 15.8. The zero-order valence-electron chi connectivity index (χ0n) is 14.2. The minimum Gasteiger partial charge on any atom is -0.273 e. The lowest BCUT2D eigenvalue weighted by Crippen LogP contribution is -2.27. The molecule has 0 bridgehead atoms. The minimum absolute atomic E-state index is 0.0476. The number of amides is 1. The lowest BCUT2D eigenvalue weighted by molar-refractivity contribution is -0.124. The molecular weight excluding hydrogens is 376 g/mol. The van der Waals surface area contributed by atoms with E-state index in [1.54, 1.807) is 11.6 Å². The van der Waals surface area contributed by atoms with E-state index in [1.165, 1.54) is 6.21 Å². The molecule has 2 heterocycles. The fourth-order valence-corrected chi connectivity index (χ4v) is 4.85. The van der Waals surface area contributed by atoms with Crippen molar-refractivity contribution in [3.05, 3.63) is 52.3 Å². The van der Waals surface area contributed by atoms with Crippen molar-refractivity contribution in [3.8, 4) is 0 Å². The zero-order chi connectivity index (χ0) is 18.7. The molecule has 2 aromatic rings. The lowest BCUT2D eigenvalue weighted by Gasteiger charge is -2.04. The highest BCUT2D eigenvalue weighted by molar-refractivity contribution is 7.91. The Labute approximate surface area is 157 Å². The van der Waals surface area contributed by atoms with Crippen molar-refractivity contribution in [1.82, 2.24) is 15.2 Å². The van der Waals surface area contributed by atoms with Gasteiger partial charge in [0.05, 0.1) is 41.4 Å². The molecule has 1 aliphatic heterocycles. The van der Waals surface area contributed by atoms with Gasteiger partial charge in [-0.15, -0.1) is 0 Å². The van der Waals surface area contributed by atoms with Crippen molar-refractivity contribution in [1.29, 1.82) is 0 Å². The van der Waals surface area contributed by atoms with E-state index in [-0.39, 0.29) is 11.5 Å². The van der Waals surface area contributed by atoms with Crippen LogP contribution in [0.15, 0.2) is 35.4 Å². The second-order valence-corrected chi connectivity index (χ2v) is 8.85. The van der Waals surface area contributed by atoms with Gasteiger partial charge in [0.15, 0.2) is 9.84 Å². The second-order valence-electron chi connectivity index (χ2n) is 6.27. The first kappa shape index (κ1) is 18.6. The van der Waals surface area contributed by atoms with Crippen LogP contribution < -0.4 is 5.43 Å². The summed E-state index contributed by atoms with van der Waals surface area (Å²) in [6.07, 6.45) is 1.77. The van der Waals surface area contributed by atoms with Crippen LogP contribution in [0.5, 0.6) is 0 Å². The Morgan fingerprint density at radius 3 is 2.81 bits per heavy atom. The SMILES string of the molecule is Cc1nn(Cc2ccccc2)c(Cl)c1/C=N\NC(=O)[C@@H]1CCS(=O)(=O)C1. The van der Waals surface area contributed by atoms with E-state index in [2.05, 4.69) is 15.6 Å². The molecule has 1 aromatic heterocycles. The van der Waals surface area contributed by atoms with Gasteiger partial charge in [-0.1, -0.05) is 41.9 Å². The summed E-state index contributed by atoms with van der Waals surface area (Å²) < 4.78 is 24.5. The summed E-state index contributed by atoms with van der Waals surface area (Å²) in [5, 5.41) is 8.74. The van der Waals surface area contributed by atoms with Gasteiger partial charge in [0.25, 0.3) is 0 Å². The highest BCUT2D eigenvalue weighted by Crippen LogP contribution is 2.20. The molecule has 1 N–H and O–H groups in total. The summed E-state index contributed by atoms with van der Waals surface area (Å²) in [4.78, 5) is 12.0. The van der Waals surface area contributed by atoms with Gasteiger partial charge in [-0.3, -0.25) is 4.79 Å². The Balaban J connectivity index is 1.66. The van der Waals surface area contributed by atoms with Gasteiger partial charge in [0, 0.05) is 0 Å². The third-order valence-corrected chi connectivity index (χ3v) is 6.42. The number of carbonyl (C=O) groups excluding carboxylic acids is 1. The second kappa shape index (κ2) is 7.59. The molecular formula is C17H19ClN4O3S. The molecule has 138 valence electrons. The number of sulfone groups is 1. The largest absolute Gasteiger partial charge is 0.273 e. The van der Waals surface area contributed by atoms with Crippen molar-refractivity contribution < 1.29 is 13.2 Å². The first-order valence-electron chi connectivity index (χ1n) is 8.16. The van der Waals surface area contributed by atoms with E-state index in [9.17, 15) is 13.2 Å². The van der Waals surface area contributed by atoms with Crippen LogP contribution in [0.4, 0.5) is 0 Å². The van der Waals surface area contributed by atoms with Gasteiger partial charge in [0.1, 0.15) is 5.15 Å². The van der Waals surface area contributed by atoms with Crippen LogP contribution in [-0.4, -0.2) is 41.8 Å². The van der Waals surface area contributed by atoms with Crippen molar-refractivity contribution in [3.63, 3.8) is 0 Å². The summed E-state index contributed by atoms with van der Waals surface area (Å²) in [6.45, 7) is 2.33. The number of nitrogens with one attached hydrogen (secondary N) is 1. The molecule has 26 heavy (non-hydrogen) atoms. The molecule has 0 radical (unpaired) electrons. The van der Waals surface area contributed by atoms with E-state index in [4.69, 9.17) is 11.6 Å². The summed E-state index contributed by atoms with van der Waals surface area (Å²) >= 11 is 6.38. The molecule has 0 unspecified atom stereocenters. The van der Waals surface area contributed by atoms with E-state index < -0.39 is 21.7 Å². The number of benzene rings is 1. The van der Waals surface area contributed by atoms with Crippen LogP contribution in [0.3, 0.4) is 0 Å². The number of carbonyl (C=O) groups is 1. The van der Waals surface area contributed by atoms with Crippen LogP contribution in [0, 0.1) is 12.8 Å². The maximum Gasteiger partial charge on any atom is 0.244 e. The molecule has 1 aliphatic rings. The average Bonchev–Trinajstić information content (AvgIpc) is 3.09. The first-order valence-corrected chi connectivity index (χ1v) is 10.4. The van der Waals surface area contributed by atoms with Crippen LogP contribution >= 0.6 is 11.6 Å². The molecule has 1 saturated heterocycles. The molecule has 0 saturated carbocycles. The Hall–Kier alpha value is -2.19. The molecule has 3 rings (SSSR count). The van der Waals surface area contributed by atoms with E-state index >= 15 is 0 Å². The Kier molecular flexibility index (Phi) is 5.43. The van der Waals surface area contributed by atoms with E-state index in [0.29, 0.717) is 29.4 Å². The van der Waals surface area contributed by atoms with Gasteiger partial charge in [0.2, 0.25) is 5.91 Å². The van der Waals surface area contributed by atoms with Crippen molar-refractivity contribution in [2.75, 3.05) is 11.5 Å². The van der Waals surface area contributed by atoms with E-state index in [1.807, 2.05) is 30.3 Å². The molecule has 0 spiro atoms. The number of hydrogen-bond acceptors (Lipinski definition) is 5. The maximum absolute atomic E-state index is 12.0. The fourth-order valence-electron chi connectivity index (χ4n) is 2.83. The predicted molar refractivity (Wildman–Crippen MR) is 100 cm³/mol. The number of hydrogen-bond donors (Lipinski definition) is 1. The topological polar surface area (TPSA) is 93.4 Å². The molecule has 1 aromatic carbocycles. The van der Waals surface area contributed by atoms with Gasteiger partial charge in [-0.05, 0) is 18.9 Å². The predicted octanol–water partition coefficient (Wildman–Crippen LogP) is 1.78. The van der Waals surface area contributed by atoms with E-state index in [0.717, 1.165) is 5.56 Å². The first-order chi connectivity index (χ1) is 12.4. The highest BCUT2D eigenvalue weighted by Gasteiger charge is 2.32. The number of hydrazone groups is 1. The molecule has 1 atom stereocenters. The summed E-state index contributed by atoms with van der Waals surface area (Å²) in [5.74, 6) is -1.02. The number of aromatic nitrogens is 2. The number of halogens is 1. The minimum atomic E-state index is -3.10. The van der Waals surface area contributed by atoms with Gasteiger partial charge < -0.3 is 0 Å². The van der Waals surface area contributed by atoms with Crippen LogP contribution in [-0.2, 0) is 21.2 Å². The number of aryl methyl sites for hydroxylation is 1. The molecule has 7 nitrogen and oxygen atoms in total. The molecule has 1 fully saturated rings. The standard InChI is InChI=1S/C17H19ClN4O3S/c1-12-15(9-19-20-17(23)14-7-8-26(24,25)11-14)16(18)22(21-12)10-13-5-3-2-4-6-13/h2-6,9,14H,7-8,10-11H2,1H3,(H,20,23)/b19-9-/t14-/m1/s1. The number of rotatable bonds is 5. The average molecular weight is 395 g/mol. The van der Waals surface area contributed by atoms with Crippen LogP contribution in [0.2, 0.25) is 5.15 Å².